The van der Waals surface area contributed by atoms with Crippen LogP contribution in [0.2, 0.25) is 0 Å². The molecule has 0 aliphatic heterocycles. The maximum absolute atomic E-state index is 12.0. The minimum atomic E-state index is -0.525. The summed E-state index contributed by atoms with van der Waals surface area (Å²) in [6.45, 7) is -0.400. The molecule has 0 atom stereocenters. The third-order valence-electron chi connectivity index (χ3n) is 4.03. The van der Waals surface area contributed by atoms with Gasteiger partial charge in [-0.2, -0.15) is 5.10 Å². The maximum Gasteiger partial charge on any atom is 0.310 e. The summed E-state index contributed by atoms with van der Waals surface area (Å²) in [7, 11) is 1.54. The molecule has 3 rings (SSSR count). The van der Waals surface area contributed by atoms with Crippen LogP contribution in [0.4, 0.5) is 5.69 Å². The minimum absolute atomic E-state index is 0.0148. The van der Waals surface area contributed by atoms with Crippen molar-refractivity contribution in [1.82, 2.24) is 15.1 Å². The average Bonchev–Trinajstić information content (AvgIpc) is 3.21. The zero-order valence-corrected chi connectivity index (χ0v) is 15.8. The molecule has 148 valence electrons. The molecule has 8 nitrogen and oxygen atoms in total. The number of para-hydroxylation sites is 1. The van der Waals surface area contributed by atoms with Gasteiger partial charge in [0.1, 0.15) is 0 Å². The van der Waals surface area contributed by atoms with E-state index in [-0.39, 0.29) is 12.3 Å². The molecule has 0 bridgehead atoms. The van der Waals surface area contributed by atoms with Crippen molar-refractivity contribution in [2.24, 2.45) is 0 Å². The van der Waals surface area contributed by atoms with Crippen LogP contribution < -0.4 is 10.6 Å². The number of amides is 2. The molecular formula is C21H20N4O4. The summed E-state index contributed by atoms with van der Waals surface area (Å²) in [5, 5.41) is 9.34. The van der Waals surface area contributed by atoms with Gasteiger partial charge >= 0.3 is 5.97 Å². The second kappa shape index (κ2) is 9.32. The Kier molecular flexibility index (Phi) is 6.36. The van der Waals surface area contributed by atoms with Gasteiger partial charge in [0.2, 0.25) is 0 Å². The molecule has 0 spiro atoms. The van der Waals surface area contributed by atoms with Gasteiger partial charge in [0, 0.05) is 30.1 Å². The van der Waals surface area contributed by atoms with Crippen LogP contribution in [-0.4, -0.2) is 41.2 Å². The Morgan fingerprint density at radius 2 is 1.76 bits per heavy atom. The number of carbonyl (C=O) groups excluding carboxylic acids is 3. The van der Waals surface area contributed by atoms with E-state index in [4.69, 9.17) is 4.74 Å². The quantitative estimate of drug-likeness (QED) is 0.599. The number of benzene rings is 2. The van der Waals surface area contributed by atoms with Crippen molar-refractivity contribution in [1.29, 1.82) is 0 Å². The lowest BCUT2D eigenvalue weighted by Gasteiger charge is -2.07. The molecule has 0 saturated heterocycles. The van der Waals surface area contributed by atoms with Gasteiger partial charge in [0.15, 0.2) is 6.61 Å². The van der Waals surface area contributed by atoms with E-state index in [0.29, 0.717) is 16.8 Å². The number of nitrogens with one attached hydrogen (secondary N) is 2. The monoisotopic (exact) mass is 392 g/mol. The van der Waals surface area contributed by atoms with Crippen molar-refractivity contribution in [3.05, 3.63) is 78.1 Å². The first-order chi connectivity index (χ1) is 14.0. The van der Waals surface area contributed by atoms with Crippen LogP contribution >= 0.6 is 0 Å². The van der Waals surface area contributed by atoms with Crippen LogP contribution in [0.5, 0.6) is 0 Å². The highest BCUT2D eigenvalue weighted by Gasteiger charge is 2.11. The highest BCUT2D eigenvalue weighted by molar-refractivity contribution is 5.96. The van der Waals surface area contributed by atoms with Crippen molar-refractivity contribution in [3.8, 4) is 5.69 Å². The zero-order chi connectivity index (χ0) is 20.6. The van der Waals surface area contributed by atoms with Gasteiger partial charge in [-0.15, -0.1) is 0 Å². The Morgan fingerprint density at radius 1 is 1.03 bits per heavy atom. The third-order valence-corrected chi connectivity index (χ3v) is 4.03. The second-order valence-corrected chi connectivity index (χ2v) is 6.17. The van der Waals surface area contributed by atoms with E-state index in [1.54, 1.807) is 48.4 Å². The molecule has 29 heavy (non-hydrogen) atoms. The topological polar surface area (TPSA) is 102 Å². The molecule has 0 radical (unpaired) electrons. The summed E-state index contributed by atoms with van der Waals surface area (Å²) in [5.74, 6) is -1.21. The standard InChI is InChI=1S/C21H20N4O4/c1-22-21(28)16-7-9-17(10-8-16)24-19(26)14-29-20(27)11-15-12-23-25(13-15)18-5-3-2-4-6-18/h2-10,12-13H,11,14H2,1H3,(H,22,28)(H,24,26). The van der Waals surface area contributed by atoms with Crippen LogP contribution in [0, 0.1) is 0 Å². The van der Waals surface area contributed by atoms with Gasteiger partial charge in [-0.3, -0.25) is 14.4 Å². The summed E-state index contributed by atoms with van der Waals surface area (Å²) in [6, 6.07) is 15.9. The number of hydrogen-bond acceptors (Lipinski definition) is 5. The number of nitrogens with zero attached hydrogens (tertiary/aromatic N) is 2. The smallest absolute Gasteiger partial charge is 0.310 e. The summed E-state index contributed by atoms with van der Waals surface area (Å²) in [4.78, 5) is 35.4. The number of carbonyl (C=O) groups is 3. The highest BCUT2D eigenvalue weighted by Crippen LogP contribution is 2.10. The lowest BCUT2D eigenvalue weighted by atomic mass is 10.2. The molecule has 0 unspecified atom stereocenters. The minimum Gasteiger partial charge on any atom is -0.455 e. The Bertz CT molecular complexity index is 997. The number of hydrogen-bond donors (Lipinski definition) is 2. The van der Waals surface area contributed by atoms with Crippen LogP contribution in [-0.2, 0) is 20.7 Å². The van der Waals surface area contributed by atoms with Crippen LogP contribution in [0.15, 0.2) is 67.0 Å². The summed E-state index contributed by atoms with van der Waals surface area (Å²) >= 11 is 0. The van der Waals surface area contributed by atoms with Gasteiger partial charge in [0.05, 0.1) is 18.3 Å². The Labute approximate surface area is 167 Å². The average molecular weight is 392 g/mol. The molecule has 2 aromatic carbocycles. The molecule has 0 aliphatic rings. The molecule has 0 saturated carbocycles. The van der Waals surface area contributed by atoms with Crippen molar-refractivity contribution in [2.75, 3.05) is 19.0 Å². The Hall–Kier alpha value is -3.94. The molecule has 3 aromatic rings. The second-order valence-electron chi connectivity index (χ2n) is 6.17. The van der Waals surface area contributed by atoms with E-state index in [2.05, 4.69) is 15.7 Å². The van der Waals surface area contributed by atoms with E-state index >= 15 is 0 Å². The zero-order valence-electron chi connectivity index (χ0n) is 15.8. The Balaban J connectivity index is 1.46. The number of ether oxygens (including phenoxy) is 1. The fraction of sp³-hybridized carbons (Fsp3) is 0.143. The predicted octanol–water partition coefficient (Wildman–Crippen LogP) is 1.96. The molecular weight excluding hydrogens is 372 g/mol. The number of aromatic nitrogens is 2. The summed E-state index contributed by atoms with van der Waals surface area (Å²) in [5.41, 5.74) is 2.55. The fourth-order valence-corrected chi connectivity index (χ4v) is 2.58. The van der Waals surface area contributed by atoms with Gasteiger partial charge in [0.25, 0.3) is 11.8 Å². The molecule has 0 fully saturated rings. The molecule has 2 amide bonds. The SMILES string of the molecule is CNC(=O)c1ccc(NC(=O)COC(=O)Cc2cnn(-c3ccccc3)c2)cc1. The lowest BCUT2D eigenvalue weighted by molar-refractivity contribution is -0.146. The number of rotatable bonds is 7. The first-order valence-corrected chi connectivity index (χ1v) is 8.92. The third kappa shape index (κ3) is 5.52. The maximum atomic E-state index is 12.0. The van der Waals surface area contributed by atoms with Gasteiger partial charge in [-0.1, -0.05) is 18.2 Å². The first-order valence-electron chi connectivity index (χ1n) is 8.92. The van der Waals surface area contributed by atoms with Crippen molar-refractivity contribution >= 4 is 23.5 Å². The molecule has 2 N–H and O–H groups in total. The fourth-order valence-electron chi connectivity index (χ4n) is 2.58. The Morgan fingerprint density at radius 3 is 2.45 bits per heavy atom. The molecule has 1 aromatic heterocycles. The molecule has 8 heteroatoms. The lowest BCUT2D eigenvalue weighted by Crippen LogP contribution is -2.22. The van der Waals surface area contributed by atoms with Crippen molar-refractivity contribution < 1.29 is 19.1 Å². The summed E-state index contributed by atoms with van der Waals surface area (Å²) < 4.78 is 6.69. The van der Waals surface area contributed by atoms with E-state index in [1.165, 1.54) is 0 Å². The van der Waals surface area contributed by atoms with Gasteiger partial charge < -0.3 is 15.4 Å². The van der Waals surface area contributed by atoms with Crippen LogP contribution in [0.25, 0.3) is 5.69 Å². The van der Waals surface area contributed by atoms with Crippen LogP contribution in [0.1, 0.15) is 15.9 Å². The molecule has 1 heterocycles. The number of anilines is 1. The van der Waals surface area contributed by atoms with E-state index < -0.39 is 18.5 Å². The number of esters is 1. The van der Waals surface area contributed by atoms with E-state index in [9.17, 15) is 14.4 Å². The normalized spacial score (nSPS) is 10.2. The first kappa shape index (κ1) is 19.8. The van der Waals surface area contributed by atoms with Crippen molar-refractivity contribution in [2.45, 2.75) is 6.42 Å². The highest BCUT2D eigenvalue weighted by atomic mass is 16.5. The van der Waals surface area contributed by atoms with Crippen molar-refractivity contribution in [3.63, 3.8) is 0 Å². The van der Waals surface area contributed by atoms with E-state index in [0.717, 1.165) is 5.69 Å². The summed E-state index contributed by atoms with van der Waals surface area (Å²) in [6.07, 6.45) is 3.34. The van der Waals surface area contributed by atoms with Gasteiger partial charge in [-0.05, 0) is 36.4 Å². The van der Waals surface area contributed by atoms with E-state index in [1.807, 2.05) is 30.3 Å². The molecule has 0 aliphatic carbocycles. The van der Waals surface area contributed by atoms with Gasteiger partial charge in [-0.25, -0.2) is 4.68 Å². The van der Waals surface area contributed by atoms with Crippen LogP contribution in [0.3, 0.4) is 0 Å². The predicted molar refractivity (Wildman–Crippen MR) is 107 cm³/mol. The largest absolute Gasteiger partial charge is 0.455 e.